The number of rotatable bonds is 5. The molecule has 1 aromatic rings. The van der Waals surface area contributed by atoms with E-state index in [2.05, 4.69) is 5.32 Å². The number of sulfonamides is 1. The standard InChI is InChI=1S/C19H30N2O4S/c1-6-25-17-10-9-16(12-14(17)2)26(23,24)21-11-7-8-15(13-21)18(22)20-19(3,4)5/h9-10,12,15H,6-8,11,13H2,1-5H3,(H,20,22)/t15-/m1/s1. The molecular formula is C19H30N2O4S. The molecule has 26 heavy (non-hydrogen) atoms. The lowest BCUT2D eigenvalue weighted by Crippen LogP contribution is -2.49. The minimum Gasteiger partial charge on any atom is -0.494 e. The number of hydrogen-bond donors (Lipinski definition) is 1. The van der Waals surface area contributed by atoms with E-state index in [1.165, 1.54) is 4.31 Å². The van der Waals surface area contributed by atoms with Crippen LogP contribution in [0, 0.1) is 12.8 Å². The molecule has 7 heteroatoms. The molecule has 6 nitrogen and oxygen atoms in total. The van der Waals surface area contributed by atoms with Gasteiger partial charge in [-0.05, 0) is 71.2 Å². The lowest BCUT2D eigenvalue weighted by Gasteiger charge is -2.33. The highest BCUT2D eigenvalue weighted by Gasteiger charge is 2.34. The third-order valence-corrected chi connectivity index (χ3v) is 6.20. The van der Waals surface area contributed by atoms with Gasteiger partial charge >= 0.3 is 0 Å². The molecule has 1 fully saturated rings. The van der Waals surface area contributed by atoms with E-state index < -0.39 is 10.0 Å². The van der Waals surface area contributed by atoms with E-state index in [9.17, 15) is 13.2 Å². The number of carbonyl (C=O) groups is 1. The Morgan fingerprint density at radius 1 is 1.35 bits per heavy atom. The zero-order valence-corrected chi connectivity index (χ0v) is 17.1. The molecule has 0 radical (unpaired) electrons. The first-order valence-electron chi connectivity index (χ1n) is 9.10. The van der Waals surface area contributed by atoms with Crippen LogP contribution in [-0.4, -0.2) is 43.9 Å². The molecule has 1 heterocycles. The van der Waals surface area contributed by atoms with Gasteiger partial charge in [0.25, 0.3) is 0 Å². The molecule has 1 aliphatic heterocycles. The molecule has 0 spiro atoms. The summed E-state index contributed by atoms with van der Waals surface area (Å²) in [5.74, 6) is 0.286. The number of nitrogens with zero attached hydrogens (tertiary/aromatic N) is 1. The van der Waals surface area contributed by atoms with Crippen LogP contribution in [0.4, 0.5) is 0 Å². The van der Waals surface area contributed by atoms with E-state index in [1.807, 2.05) is 34.6 Å². The predicted molar refractivity (Wildman–Crippen MR) is 102 cm³/mol. The topological polar surface area (TPSA) is 75.7 Å². The van der Waals surface area contributed by atoms with Gasteiger partial charge < -0.3 is 10.1 Å². The van der Waals surface area contributed by atoms with Gasteiger partial charge in [-0.25, -0.2) is 8.42 Å². The van der Waals surface area contributed by atoms with Crippen molar-refractivity contribution in [3.63, 3.8) is 0 Å². The number of amides is 1. The molecule has 1 saturated heterocycles. The molecule has 1 aliphatic rings. The van der Waals surface area contributed by atoms with Crippen molar-refractivity contribution < 1.29 is 17.9 Å². The van der Waals surface area contributed by atoms with Crippen molar-refractivity contribution in [1.29, 1.82) is 0 Å². The Kier molecular flexibility index (Phi) is 6.34. The minimum absolute atomic E-state index is 0.0831. The lowest BCUT2D eigenvalue weighted by molar-refractivity contribution is -0.127. The van der Waals surface area contributed by atoms with Crippen LogP contribution in [0.5, 0.6) is 5.75 Å². The first-order valence-corrected chi connectivity index (χ1v) is 10.5. The second-order valence-corrected chi connectivity index (χ2v) is 9.74. The fourth-order valence-corrected chi connectivity index (χ4v) is 4.70. The van der Waals surface area contributed by atoms with Crippen LogP contribution in [-0.2, 0) is 14.8 Å². The molecule has 0 aliphatic carbocycles. The molecule has 0 aromatic heterocycles. The summed E-state index contributed by atoms with van der Waals surface area (Å²) < 4.78 is 32.9. The third kappa shape index (κ3) is 4.98. The highest BCUT2D eigenvalue weighted by Crippen LogP contribution is 2.27. The van der Waals surface area contributed by atoms with Gasteiger partial charge in [-0.1, -0.05) is 0 Å². The summed E-state index contributed by atoms with van der Waals surface area (Å²) >= 11 is 0. The smallest absolute Gasteiger partial charge is 0.243 e. The average Bonchev–Trinajstić information content (AvgIpc) is 2.55. The van der Waals surface area contributed by atoms with Gasteiger partial charge in [0, 0.05) is 18.6 Å². The number of ether oxygens (including phenoxy) is 1. The van der Waals surface area contributed by atoms with Crippen LogP contribution in [0.25, 0.3) is 0 Å². The van der Waals surface area contributed by atoms with Gasteiger partial charge in [0.1, 0.15) is 5.75 Å². The molecule has 1 N–H and O–H groups in total. The maximum atomic E-state index is 13.0. The predicted octanol–water partition coefficient (Wildman–Crippen LogP) is 2.71. The van der Waals surface area contributed by atoms with E-state index in [4.69, 9.17) is 4.74 Å². The van der Waals surface area contributed by atoms with Gasteiger partial charge in [-0.2, -0.15) is 4.31 Å². The second kappa shape index (κ2) is 7.96. The average molecular weight is 383 g/mol. The van der Waals surface area contributed by atoms with Crippen LogP contribution in [0.1, 0.15) is 46.1 Å². The van der Waals surface area contributed by atoms with Crippen LogP contribution in [0.15, 0.2) is 23.1 Å². The number of aryl methyl sites for hydroxylation is 1. The summed E-state index contributed by atoms with van der Waals surface area (Å²) in [6.45, 7) is 10.7. The van der Waals surface area contributed by atoms with Crippen molar-refractivity contribution in [2.75, 3.05) is 19.7 Å². The Morgan fingerprint density at radius 2 is 2.04 bits per heavy atom. The summed E-state index contributed by atoms with van der Waals surface area (Å²) in [4.78, 5) is 12.7. The van der Waals surface area contributed by atoms with E-state index >= 15 is 0 Å². The van der Waals surface area contributed by atoms with Crippen LogP contribution in [0.3, 0.4) is 0 Å². The van der Waals surface area contributed by atoms with Crippen LogP contribution in [0.2, 0.25) is 0 Å². The molecule has 2 rings (SSSR count). The van der Waals surface area contributed by atoms with Crippen molar-refractivity contribution in [3.05, 3.63) is 23.8 Å². The summed E-state index contributed by atoms with van der Waals surface area (Å²) in [6, 6.07) is 4.91. The third-order valence-electron chi connectivity index (χ3n) is 4.34. The summed E-state index contributed by atoms with van der Waals surface area (Å²) in [7, 11) is -3.63. The Morgan fingerprint density at radius 3 is 2.62 bits per heavy atom. The Bertz CT molecular complexity index is 753. The van der Waals surface area contributed by atoms with Crippen molar-refractivity contribution in [2.45, 2.75) is 57.9 Å². The zero-order chi connectivity index (χ0) is 19.5. The summed E-state index contributed by atoms with van der Waals surface area (Å²) in [6.07, 6.45) is 1.38. The number of hydrogen-bond acceptors (Lipinski definition) is 4. The Labute approximate surface area is 157 Å². The number of benzene rings is 1. The normalized spacial score (nSPS) is 19.2. The van der Waals surface area contributed by atoms with E-state index in [0.29, 0.717) is 31.7 Å². The van der Waals surface area contributed by atoms with Crippen molar-refractivity contribution in [3.8, 4) is 5.75 Å². The zero-order valence-electron chi connectivity index (χ0n) is 16.3. The summed E-state index contributed by atoms with van der Waals surface area (Å²) in [5, 5.41) is 2.95. The van der Waals surface area contributed by atoms with Crippen molar-refractivity contribution in [2.24, 2.45) is 5.92 Å². The molecule has 146 valence electrons. The van der Waals surface area contributed by atoms with Crippen molar-refractivity contribution >= 4 is 15.9 Å². The van der Waals surface area contributed by atoms with E-state index in [-0.39, 0.29) is 28.8 Å². The number of carbonyl (C=O) groups excluding carboxylic acids is 1. The SMILES string of the molecule is CCOc1ccc(S(=O)(=O)N2CCC[C@@H](C(=O)NC(C)(C)C)C2)cc1C. The first kappa shape index (κ1) is 20.7. The van der Waals surface area contributed by atoms with E-state index in [1.54, 1.807) is 18.2 Å². The Hall–Kier alpha value is -1.60. The molecule has 1 aromatic carbocycles. The van der Waals surface area contributed by atoms with E-state index in [0.717, 1.165) is 5.56 Å². The monoisotopic (exact) mass is 382 g/mol. The molecular weight excluding hydrogens is 352 g/mol. The van der Waals surface area contributed by atoms with Gasteiger partial charge in [0.15, 0.2) is 0 Å². The van der Waals surface area contributed by atoms with Gasteiger partial charge in [-0.3, -0.25) is 4.79 Å². The first-order chi connectivity index (χ1) is 12.0. The highest BCUT2D eigenvalue weighted by molar-refractivity contribution is 7.89. The van der Waals surface area contributed by atoms with Crippen molar-refractivity contribution in [1.82, 2.24) is 9.62 Å². The number of piperidine rings is 1. The number of nitrogens with one attached hydrogen (secondary N) is 1. The summed E-state index contributed by atoms with van der Waals surface area (Å²) in [5.41, 5.74) is 0.455. The Balaban J connectivity index is 2.18. The quantitative estimate of drug-likeness (QED) is 0.850. The molecule has 0 unspecified atom stereocenters. The second-order valence-electron chi connectivity index (χ2n) is 7.80. The van der Waals surface area contributed by atoms with Crippen LogP contribution >= 0.6 is 0 Å². The van der Waals surface area contributed by atoms with Crippen LogP contribution < -0.4 is 10.1 Å². The maximum absolute atomic E-state index is 13.0. The van der Waals surface area contributed by atoms with Gasteiger partial charge in [0.05, 0.1) is 17.4 Å². The molecule has 1 amide bonds. The fraction of sp³-hybridized carbons (Fsp3) is 0.632. The fourth-order valence-electron chi connectivity index (χ4n) is 3.10. The van der Waals surface area contributed by atoms with Gasteiger partial charge in [-0.15, -0.1) is 0 Å². The molecule has 1 atom stereocenters. The largest absolute Gasteiger partial charge is 0.494 e. The minimum atomic E-state index is -3.63. The highest BCUT2D eigenvalue weighted by atomic mass is 32.2. The lowest BCUT2D eigenvalue weighted by atomic mass is 9.97. The molecule has 0 saturated carbocycles. The van der Waals surface area contributed by atoms with Gasteiger partial charge in [0.2, 0.25) is 15.9 Å². The maximum Gasteiger partial charge on any atom is 0.243 e. The molecule has 0 bridgehead atoms.